The SMILES string of the molecule is Nc1nc(C(S)CC(=O)O)nc2c1ncn2Cc1ccccc1. The Morgan fingerprint density at radius 3 is 2.74 bits per heavy atom. The highest BCUT2D eigenvalue weighted by Crippen LogP contribution is 2.25. The van der Waals surface area contributed by atoms with Gasteiger partial charge in [-0.3, -0.25) is 4.79 Å². The first-order chi connectivity index (χ1) is 11.0. The van der Waals surface area contributed by atoms with Gasteiger partial charge >= 0.3 is 5.97 Å². The van der Waals surface area contributed by atoms with Crippen LogP contribution in [0.25, 0.3) is 11.2 Å². The molecule has 3 N–H and O–H groups in total. The van der Waals surface area contributed by atoms with Crippen molar-refractivity contribution in [3.05, 3.63) is 48.0 Å². The van der Waals surface area contributed by atoms with Gasteiger partial charge in [0.05, 0.1) is 24.5 Å². The molecule has 118 valence electrons. The fraction of sp³-hybridized carbons (Fsp3) is 0.200. The minimum absolute atomic E-state index is 0.180. The highest BCUT2D eigenvalue weighted by Gasteiger charge is 2.18. The third-order valence-electron chi connectivity index (χ3n) is 3.37. The fourth-order valence-electron chi connectivity index (χ4n) is 2.29. The number of fused-ring (bicyclic) bond motifs is 1. The zero-order chi connectivity index (χ0) is 16.4. The number of thiol groups is 1. The minimum atomic E-state index is -0.968. The van der Waals surface area contributed by atoms with Crippen LogP contribution in [0.1, 0.15) is 23.1 Å². The molecule has 2 heterocycles. The van der Waals surface area contributed by atoms with Gasteiger partial charge in [0.25, 0.3) is 0 Å². The van der Waals surface area contributed by atoms with Crippen LogP contribution in [0.5, 0.6) is 0 Å². The van der Waals surface area contributed by atoms with E-state index in [0.717, 1.165) is 5.56 Å². The van der Waals surface area contributed by atoms with Crippen LogP contribution in [-0.2, 0) is 11.3 Å². The lowest BCUT2D eigenvalue weighted by molar-refractivity contribution is -0.137. The predicted octanol–water partition coefficient (Wildman–Crippen LogP) is 1.90. The van der Waals surface area contributed by atoms with E-state index < -0.39 is 11.2 Å². The number of hydrogen-bond acceptors (Lipinski definition) is 6. The Labute approximate surface area is 137 Å². The molecule has 7 nitrogen and oxygen atoms in total. The molecular weight excluding hydrogens is 314 g/mol. The summed E-state index contributed by atoms with van der Waals surface area (Å²) in [5, 5.41) is 8.26. The molecule has 2 aromatic heterocycles. The maximum Gasteiger partial charge on any atom is 0.304 e. The molecule has 0 aliphatic rings. The van der Waals surface area contributed by atoms with Gasteiger partial charge in [-0.25, -0.2) is 15.0 Å². The summed E-state index contributed by atoms with van der Waals surface area (Å²) in [5.74, 6) is -0.457. The van der Waals surface area contributed by atoms with Crippen LogP contribution in [0.15, 0.2) is 36.7 Å². The molecule has 0 bridgehead atoms. The van der Waals surface area contributed by atoms with E-state index in [-0.39, 0.29) is 18.1 Å². The Balaban J connectivity index is 2.00. The smallest absolute Gasteiger partial charge is 0.304 e. The molecule has 1 atom stereocenters. The van der Waals surface area contributed by atoms with Gasteiger partial charge in [-0.15, -0.1) is 0 Å². The molecule has 8 heteroatoms. The Morgan fingerprint density at radius 1 is 1.30 bits per heavy atom. The Kier molecular flexibility index (Phi) is 4.16. The van der Waals surface area contributed by atoms with Gasteiger partial charge in [0.2, 0.25) is 0 Å². The predicted molar refractivity (Wildman–Crippen MR) is 89.3 cm³/mol. The fourth-order valence-corrected chi connectivity index (χ4v) is 2.56. The van der Waals surface area contributed by atoms with Crippen LogP contribution in [0.4, 0.5) is 5.82 Å². The van der Waals surface area contributed by atoms with Crippen molar-refractivity contribution in [1.29, 1.82) is 0 Å². The van der Waals surface area contributed by atoms with Crippen molar-refractivity contribution in [2.75, 3.05) is 5.73 Å². The average molecular weight is 329 g/mol. The molecule has 0 radical (unpaired) electrons. The topological polar surface area (TPSA) is 107 Å². The van der Waals surface area contributed by atoms with Crippen molar-refractivity contribution in [1.82, 2.24) is 19.5 Å². The van der Waals surface area contributed by atoms with Crippen molar-refractivity contribution in [2.24, 2.45) is 0 Å². The van der Waals surface area contributed by atoms with Crippen LogP contribution in [-0.4, -0.2) is 30.6 Å². The maximum absolute atomic E-state index is 10.8. The minimum Gasteiger partial charge on any atom is -0.481 e. The van der Waals surface area contributed by atoms with Gasteiger partial charge in [0, 0.05) is 0 Å². The highest BCUT2D eigenvalue weighted by atomic mass is 32.1. The number of nitrogen functional groups attached to an aromatic ring is 1. The first kappa shape index (κ1) is 15.3. The van der Waals surface area contributed by atoms with Crippen LogP contribution in [0.2, 0.25) is 0 Å². The van der Waals surface area contributed by atoms with Crippen molar-refractivity contribution in [3.63, 3.8) is 0 Å². The van der Waals surface area contributed by atoms with E-state index >= 15 is 0 Å². The van der Waals surface area contributed by atoms with Crippen LogP contribution in [0.3, 0.4) is 0 Å². The quantitative estimate of drug-likeness (QED) is 0.617. The van der Waals surface area contributed by atoms with Gasteiger partial charge in [-0.1, -0.05) is 30.3 Å². The molecule has 1 unspecified atom stereocenters. The van der Waals surface area contributed by atoms with Crippen molar-refractivity contribution in [2.45, 2.75) is 18.2 Å². The van der Waals surface area contributed by atoms with Crippen LogP contribution in [0, 0.1) is 0 Å². The van der Waals surface area contributed by atoms with E-state index in [9.17, 15) is 4.79 Å². The molecule has 0 saturated heterocycles. The highest BCUT2D eigenvalue weighted by molar-refractivity contribution is 7.80. The van der Waals surface area contributed by atoms with E-state index in [1.807, 2.05) is 34.9 Å². The molecule has 3 aromatic rings. The number of carboxylic acid groups (broad SMARTS) is 1. The number of rotatable bonds is 5. The van der Waals surface area contributed by atoms with Gasteiger partial charge in [-0.2, -0.15) is 12.6 Å². The van der Waals surface area contributed by atoms with Gasteiger partial charge < -0.3 is 15.4 Å². The number of aliphatic carboxylic acids is 1. The average Bonchev–Trinajstić information content (AvgIpc) is 2.91. The first-order valence-corrected chi connectivity index (χ1v) is 7.48. The third kappa shape index (κ3) is 3.26. The van der Waals surface area contributed by atoms with Gasteiger partial charge in [0.1, 0.15) is 11.3 Å². The number of hydrogen-bond donors (Lipinski definition) is 3. The summed E-state index contributed by atoms with van der Waals surface area (Å²) in [5.41, 5.74) is 8.09. The van der Waals surface area contributed by atoms with E-state index in [0.29, 0.717) is 17.7 Å². The van der Waals surface area contributed by atoms with Crippen molar-refractivity contribution in [3.8, 4) is 0 Å². The molecule has 0 aliphatic heterocycles. The molecule has 23 heavy (non-hydrogen) atoms. The second-order valence-electron chi connectivity index (χ2n) is 5.11. The largest absolute Gasteiger partial charge is 0.481 e. The normalized spacial score (nSPS) is 12.4. The summed E-state index contributed by atoms with van der Waals surface area (Å²) in [6.07, 6.45) is 1.47. The van der Waals surface area contributed by atoms with Crippen LogP contribution < -0.4 is 5.73 Å². The van der Waals surface area contributed by atoms with Gasteiger partial charge in [-0.05, 0) is 5.56 Å². The number of benzene rings is 1. The lowest BCUT2D eigenvalue weighted by atomic mass is 10.2. The lowest BCUT2D eigenvalue weighted by Gasteiger charge is -2.09. The Hall–Kier alpha value is -2.61. The number of carboxylic acids is 1. The van der Waals surface area contributed by atoms with Crippen LogP contribution >= 0.6 is 12.6 Å². The van der Waals surface area contributed by atoms with Crippen molar-refractivity contribution >= 4 is 35.6 Å². The molecule has 0 aliphatic carbocycles. The number of aromatic nitrogens is 4. The molecule has 0 amide bonds. The second-order valence-corrected chi connectivity index (χ2v) is 5.73. The molecule has 3 rings (SSSR count). The number of carbonyl (C=O) groups is 1. The summed E-state index contributed by atoms with van der Waals surface area (Å²) in [7, 11) is 0. The van der Waals surface area contributed by atoms with Crippen molar-refractivity contribution < 1.29 is 9.90 Å². The molecule has 0 spiro atoms. The molecule has 1 aromatic carbocycles. The standard InChI is InChI=1S/C15H15N5O2S/c16-13-12-15(19-14(18-13)10(23)6-11(21)22)20(8-17-12)7-9-4-2-1-3-5-9/h1-5,8,10,23H,6-7H2,(H,21,22)(H2,16,18,19). The summed E-state index contributed by atoms with van der Waals surface area (Å²) >= 11 is 4.26. The van der Waals surface area contributed by atoms with E-state index in [1.165, 1.54) is 0 Å². The number of imidazole rings is 1. The summed E-state index contributed by atoms with van der Waals surface area (Å²) < 4.78 is 1.85. The molecule has 0 saturated carbocycles. The van der Waals surface area contributed by atoms with E-state index in [4.69, 9.17) is 10.8 Å². The number of nitrogens with two attached hydrogens (primary N) is 1. The third-order valence-corrected chi connectivity index (χ3v) is 3.78. The summed E-state index contributed by atoms with van der Waals surface area (Å²) in [4.78, 5) is 23.6. The monoisotopic (exact) mass is 329 g/mol. The molecule has 0 fully saturated rings. The number of nitrogens with zero attached hydrogens (tertiary/aromatic N) is 4. The van der Waals surface area contributed by atoms with E-state index in [1.54, 1.807) is 6.33 Å². The molecular formula is C15H15N5O2S. The summed E-state index contributed by atoms with van der Waals surface area (Å²) in [6, 6.07) is 9.87. The zero-order valence-electron chi connectivity index (χ0n) is 12.1. The number of anilines is 1. The summed E-state index contributed by atoms with van der Waals surface area (Å²) in [6.45, 7) is 0.587. The Bertz CT molecular complexity index is 850. The van der Waals surface area contributed by atoms with Gasteiger partial charge in [0.15, 0.2) is 11.5 Å². The maximum atomic E-state index is 10.8. The second kappa shape index (κ2) is 6.25. The first-order valence-electron chi connectivity index (χ1n) is 6.96. The zero-order valence-corrected chi connectivity index (χ0v) is 13.0. The Morgan fingerprint density at radius 2 is 2.04 bits per heavy atom. The lowest BCUT2D eigenvalue weighted by Crippen LogP contribution is -2.09. The van der Waals surface area contributed by atoms with E-state index in [2.05, 4.69) is 27.6 Å².